The molecule has 16 heavy (non-hydrogen) atoms. The van der Waals surface area contributed by atoms with E-state index in [9.17, 15) is 10.1 Å². The Bertz CT molecular complexity index is 531. The Balaban J connectivity index is 2.35. The van der Waals surface area contributed by atoms with Crippen molar-refractivity contribution < 1.29 is 9.66 Å². The van der Waals surface area contributed by atoms with Gasteiger partial charge in [0.25, 0.3) is 5.88 Å². The van der Waals surface area contributed by atoms with Gasteiger partial charge in [0, 0.05) is 6.07 Å². The monoisotopic (exact) mass is 257 g/mol. The minimum absolute atomic E-state index is 0.0703. The van der Waals surface area contributed by atoms with E-state index in [2.05, 4.69) is 8.75 Å². The molecule has 0 bridgehead atoms. The van der Waals surface area contributed by atoms with Crippen molar-refractivity contribution >= 4 is 29.0 Å². The molecule has 0 aliphatic rings. The van der Waals surface area contributed by atoms with Crippen LogP contribution in [0.25, 0.3) is 0 Å². The van der Waals surface area contributed by atoms with Crippen molar-refractivity contribution in [1.82, 2.24) is 8.75 Å². The third-order valence-corrected chi connectivity index (χ3v) is 2.55. The molecular formula is C8H4ClN3O3S. The van der Waals surface area contributed by atoms with Gasteiger partial charge in [-0.15, -0.1) is 4.37 Å². The number of hydrogen-bond donors (Lipinski definition) is 0. The molecule has 0 spiro atoms. The number of aromatic nitrogens is 2. The largest absolute Gasteiger partial charge is 0.428 e. The predicted molar refractivity (Wildman–Crippen MR) is 58.1 cm³/mol. The van der Waals surface area contributed by atoms with Gasteiger partial charge in [0.15, 0.2) is 0 Å². The fourth-order valence-electron chi connectivity index (χ4n) is 1.03. The highest BCUT2D eigenvalue weighted by atomic mass is 35.5. The zero-order valence-corrected chi connectivity index (χ0v) is 9.23. The molecule has 1 heterocycles. The van der Waals surface area contributed by atoms with E-state index >= 15 is 0 Å². The highest BCUT2D eigenvalue weighted by molar-refractivity contribution is 6.99. The van der Waals surface area contributed by atoms with Crippen molar-refractivity contribution in [1.29, 1.82) is 0 Å². The van der Waals surface area contributed by atoms with E-state index in [0.717, 1.165) is 11.7 Å². The molecule has 0 N–H and O–H groups in total. The lowest BCUT2D eigenvalue weighted by Gasteiger charge is -2.02. The lowest BCUT2D eigenvalue weighted by Crippen LogP contribution is -1.93. The van der Waals surface area contributed by atoms with Crippen molar-refractivity contribution in [3.63, 3.8) is 0 Å². The number of nitro benzene ring substituents is 1. The van der Waals surface area contributed by atoms with Crippen LogP contribution < -0.4 is 4.74 Å². The fourth-order valence-corrected chi connectivity index (χ4v) is 1.64. The van der Waals surface area contributed by atoms with Crippen LogP contribution in [0.1, 0.15) is 0 Å². The first-order valence-corrected chi connectivity index (χ1v) is 5.18. The van der Waals surface area contributed by atoms with E-state index in [1.165, 1.54) is 12.1 Å². The Hall–Kier alpha value is -1.73. The molecule has 2 aromatic rings. The number of benzene rings is 1. The Morgan fingerprint density at radius 3 is 2.75 bits per heavy atom. The zero-order valence-electron chi connectivity index (χ0n) is 7.66. The van der Waals surface area contributed by atoms with Gasteiger partial charge in [0.2, 0.25) is 10.9 Å². The topological polar surface area (TPSA) is 78.2 Å². The third-order valence-electron chi connectivity index (χ3n) is 1.69. The van der Waals surface area contributed by atoms with Crippen LogP contribution in [-0.4, -0.2) is 13.7 Å². The molecule has 0 radical (unpaired) electrons. The SMILES string of the molecule is O=[N+]([O-])c1ccccc1Oc1nsnc1Cl. The average Bonchev–Trinajstić information content (AvgIpc) is 2.65. The summed E-state index contributed by atoms with van der Waals surface area (Å²) in [5, 5.41) is 10.8. The molecule has 8 heteroatoms. The van der Waals surface area contributed by atoms with E-state index in [1.807, 2.05) is 0 Å². The summed E-state index contributed by atoms with van der Waals surface area (Å²) in [6, 6.07) is 5.97. The second-order valence-electron chi connectivity index (χ2n) is 2.69. The van der Waals surface area contributed by atoms with E-state index in [0.29, 0.717) is 0 Å². The highest BCUT2D eigenvalue weighted by Gasteiger charge is 2.17. The Morgan fingerprint density at radius 2 is 2.12 bits per heavy atom. The van der Waals surface area contributed by atoms with Crippen LogP contribution >= 0.6 is 23.3 Å². The summed E-state index contributed by atoms with van der Waals surface area (Å²) in [5.74, 6) is 0.156. The van der Waals surface area contributed by atoms with E-state index in [4.69, 9.17) is 16.3 Å². The van der Waals surface area contributed by atoms with Gasteiger partial charge in [-0.1, -0.05) is 23.7 Å². The molecule has 2 rings (SSSR count). The molecule has 0 amide bonds. The van der Waals surface area contributed by atoms with E-state index in [-0.39, 0.29) is 22.5 Å². The Labute approximate surface area is 98.9 Å². The van der Waals surface area contributed by atoms with Crippen molar-refractivity contribution in [2.24, 2.45) is 0 Å². The highest BCUT2D eigenvalue weighted by Crippen LogP contribution is 2.32. The second-order valence-corrected chi connectivity index (χ2v) is 3.57. The molecule has 1 aromatic heterocycles. The maximum Gasteiger partial charge on any atom is 0.311 e. The molecule has 0 atom stereocenters. The van der Waals surface area contributed by atoms with Gasteiger partial charge in [-0.25, -0.2) is 0 Å². The average molecular weight is 258 g/mol. The molecule has 0 aliphatic carbocycles. The lowest BCUT2D eigenvalue weighted by atomic mass is 10.3. The van der Waals surface area contributed by atoms with Gasteiger partial charge in [-0.05, 0) is 6.07 Å². The normalized spacial score (nSPS) is 10.1. The quantitative estimate of drug-likeness (QED) is 0.624. The van der Waals surface area contributed by atoms with Gasteiger partial charge in [-0.3, -0.25) is 10.1 Å². The number of ether oxygens (including phenoxy) is 1. The summed E-state index contributed by atoms with van der Waals surface area (Å²) in [7, 11) is 0. The molecule has 0 saturated carbocycles. The fraction of sp³-hybridized carbons (Fsp3) is 0. The summed E-state index contributed by atoms with van der Waals surface area (Å²) in [6.07, 6.45) is 0. The van der Waals surface area contributed by atoms with Gasteiger partial charge < -0.3 is 4.74 Å². The maximum absolute atomic E-state index is 10.7. The van der Waals surface area contributed by atoms with Crippen LogP contribution in [0.5, 0.6) is 11.6 Å². The van der Waals surface area contributed by atoms with Crippen LogP contribution in [0.3, 0.4) is 0 Å². The lowest BCUT2D eigenvalue weighted by molar-refractivity contribution is -0.385. The van der Waals surface area contributed by atoms with Crippen molar-refractivity contribution in [3.05, 3.63) is 39.5 Å². The molecule has 6 nitrogen and oxygen atoms in total. The summed E-state index contributed by atoms with van der Waals surface area (Å²) in [4.78, 5) is 10.2. The number of nitrogens with zero attached hydrogens (tertiary/aromatic N) is 3. The van der Waals surface area contributed by atoms with Crippen LogP contribution in [0.2, 0.25) is 5.15 Å². The number of para-hydroxylation sites is 2. The number of halogens is 1. The smallest absolute Gasteiger partial charge is 0.311 e. The van der Waals surface area contributed by atoms with Crippen molar-refractivity contribution in [3.8, 4) is 11.6 Å². The number of rotatable bonds is 3. The second kappa shape index (κ2) is 4.42. The minimum Gasteiger partial charge on any atom is -0.428 e. The Kier molecular flexibility index (Phi) is 2.97. The van der Waals surface area contributed by atoms with Crippen LogP contribution in [0.4, 0.5) is 5.69 Å². The van der Waals surface area contributed by atoms with Gasteiger partial charge >= 0.3 is 5.69 Å². The predicted octanol–water partition coefficient (Wildman–Crippen LogP) is 2.89. The molecule has 1 aromatic carbocycles. The first-order valence-electron chi connectivity index (χ1n) is 4.08. The van der Waals surface area contributed by atoms with Crippen LogP contribution in [-0.2, 0) is 0 Å². The number of nitro groups is 1. The zero-order chi connectivity index (χ0) is 11.5. The molecular weight excluding hydrogens is 254 g/mol. The first kappa shape index (κ1) is 10.8. The van der Waals surface area contributed by atoms with E-state index < -0.39 is 4.92 Å². The first-order chi connectivity index (χ1) is 7.68. The molecule has 82 valence electrons. The molecule has 0 saturated heterocycles. The maximum atomic E-state index is 10.7. The van der Waals surface area contributed by atoms with Crippen LogP contribution in [0.15, 0.2) is 24.3 Å². The van der Waals surface area contributed by atoms with Crippen molar-refractivity contribution in [2.75, 3.05) is 0 Å². The molecule has 0 unspecified atom stereocenters. The standard InChI is InChI=1S/C8H4ClN3O3S/c9-7-8(11-16-10-7)15-6-4-2-1-3-5(6)12(13)14/h1-4H. The molecule has 0 fully saturated rings. The van der Waals surface area contributed by atoms with Gasteiger partial charge in [0.1, 0.15) is 0 Å². The summed E-state index contributed by atoms with van der Waals surface area (Å²) < 4.78 is 12.7. The van der Waals surface area contributed by atoms with Gasteiger partial charge in [0.05, 0.1) is 16.7 Å². The summed E-state index contributed by atoms with van der Waals surface area (Å²) >= 11 is 6.54. The summed E-state index contributed by atoms with van der Waals surface area (Å²) in [6.45, 7) is 0. The Morgan fingerprint density at radius 1 is 1.38 bits per heavy atom. The van der Waals surface area contributed by atoms with Crippen molar-refractivity contribution in [2.45, 2.75) is 0 Å². The minimum atomic E-state index is -0.539. The van der Waals surface area contributed by atoms with E-state index in [1.54, 1.807) is 12.1 Å². The molecule has 0 aliphatic heterocycles. The number of hydrogen-bond acceptors (Lipinski definition) is 6. The summed E-state index contributed by atoms with van der Waals surface area (Å²) in [5.41, 5.74) is -0.147. The van der Waals surface area contributed by atoms with Crippen LogP contribution in [0, 0.1) is 10.1 Å². The van der Waals surface area contributed by atoms with Gasteiger partial charge in [-0.2, -0.15) is 4.37 Å². The third kappa shape index (κ3) is 2.10.